The fourth-order valence-corrected chi connectivity index (χ4v) is 8.27. The number of nitrogens with zero attached hydrogens (tertiary/aromatic N) is 5. The van der Waals surface area contributed by atoms with Gasteiger partial charge in [0.1, 0.15) is 12.1 Å². The zero-order valence-corrected chi connectivity index (χ0v) is 29.8. The second kappa shape index (κ2) is 15.8. The van der Waals surface area contributed by atoms with Gasteiger partial charge in [0, 0.05) is 62.4 Å². The molecule has 2 aromatic carbocycles. The lowest BCUT2D eigenvalue weighted by molar-refractivity contribution is -0.140. The number of piperazine rings is 1. The number of ether oxygens (including phenoxy) is 1. The van der Waals surface area contributed by atoms with E-state index in [1.165, 1.54) is 28.8 Å². The van der Waals surface area contributed by atoms with E-state index in [-0.39, 0.29) is 24.1 Å². The zero-order valence-electron chi connectivity index (χ0n) is 29.1. The van der Waals surface area contributed by atoms with Crippen molar-refractivity contribution in [3.05, 3.63) is 124 Å². The number of carbonyl (C=O) groups is 2. The molecule has 0 unspecified atom stereocenters. The summed E-state index contributed by atoms with van der Waals surface area (Å²) in [5, 5.41) is 0.719. The predicted octanol–water partition coefficient (Wildman–Crippen LogP) is 7.61. The van der Waals surface area contributed by atoms with Gasteiger partial charge in [-0.2, -0.15) is 0 Å². The van der Waals surface area contributed by atoms with E-state index in [1.54, 1.807) is 4.90 Å². The number of carbonyl (C=O) groups excluding carboxylic acids is 2. The van der Waals surface area contributed by atoms with Crippen molar-refractivity contribution in [3.8, 4) is 0 Å². The molecule has 3 aliphatic rings. The third-order valence-corrected chi connectivity index (χ3v) is 11.0. The van der Waals surface area contributed by atoms with E-state index in [9.17, 15) is 4.79 Å². The van der Waals surface area contributed by atoms with Gasteiger partial charge in [-0.15, -0.1) is 0 Å². The largest absolute Gasteiger partial charge is 0.446 e. The van der Waals surface area contributed by atoms with Crippen molar-refractivity contribution in [3.63, 3.8) is 0 Å². The molecule has 0 bridgehead atoms. The monoisotopic (exact) mass is 693 g/mol. The van der Waals surface area contributed by atoms with Gasteiger partial charge < -0.3 is 14.2 Å². The quantitative estimate of drug-likeness (QED) is 0.181. The first kappa shape index (κ1) is 34.3. The molecule has 1 saturated carbocycles. The van der Waals surface area contributed by atoms with E-state index in [0.29, 0.717) is 32.7 Å². The lowest BCUT2D eigenvalue weighted by atomic mass is 9.95. The molecule has 4 aromatic rings. The van der Waals surface area contributed by atoms with Crippen LogP contribution < -0.4 is 0 Å². The Morgan fingerprint density at radius 3 is 2.56 bits per heavy atom. The SMILES string of the molecule is Cc1cccn1CCCN(Cc1ccccc1)C(=O)[C@H]1CN([C@H]2c3ccc(Cl)cc3CCc3cccnc32)CCN1C(=O)OC1CCCCC1. The Hall–Kier alpha value is -4.14. The topological polar surface area (TPSA) is 70.9 Å². The summed E-state index contributed by atoms with van der Waals surface area (Å²) in [4.78, 5) is 40.0. The molecule has 1 aliphatic heterocycles. The normalized spacial score (nSPS) is 19.7. The van der Waals surface area contributed by atoms with Crippen molar-refractivity contribution >= 4 is 23.6 Å². The summed E-state index contributed by atoms with van der Waals surface area (Å²) in [5.41, 5.74) is 6.85. The number of hydrogen-bond donors (Lipinski definition) is 0. The molecule has 2 aliphatic carbocycles. The molecule has 0 N–H and O–H groups in total. The summed E-state index contributed by atoms with van der Waals surface area (Å²) in [6.45, 7) is 5.33. The van der Waals surface area contributed by atoms with Crippen molar-refractivity contribution in [1.82, 2.24) is 24.3 Å². The molecule has 2 amide bonds. The van der Waals surface area contributed by atoms with Gasteiger partial charge in [0.15, 0.2) is 0 Å². The van der Waals surface area contributed by atoms with Gasteiger partial charge >= 0.3 is 6.09 Å². The first-order chi connectivity index (χ1) is 24.4. The minimum Gasteiger partial charge on any atom is -0.446 e. The molecule has 0 radical (unpaired) electrons. The lowest BCUT2D eigenvalue weighted by Gasteiger charge is -2.45. The Labute approximate surface area is 301 Å². The Kier molecular flexibility index (Phi) is 10.9. The molecule has 8 nitrogen and oxygen atoms in total. The molecule has 2 aromatic heterocycles. The number of rotatable bonds is 9. The number of pyridine rings is 1. The maximum Gasteiger partial charge on any atom is 0.410 e. The third-order valence-electron chi connectivity index (χ3n) is 10.8. The van der Waals surface area contributed by atoms with Crippen molar-refractivity contribution in [1.29, 1.82) is 0 Å². The predicted molar refractivity (Wildman–Crippen MR) is 196 cm³/mol. The third kappa shape index (κ3) is 7.77. The van der Waals surface area contributed by atoms with Crippen LogP contribution in [0.15, 0.2) is 85.2 Å². The van der Waals surface area contributed by atoms with Crippen molar-refractivity contribution < 1.29 is 14.3 Å². The Bertz CT molecular complexity index is 1770. The molecule has 2 atom stereocenters. The minimum absolute atomic E-state index is 0.0467. The van der Waals surface area contributed by atoms with Crippen LogP contribution in [0.25, 0.3) is 0 Å². The first-order valence-electron chi connectivity index (χ1n) is 18.3. The highest BCUT2D eigenvalue weighted by Crippen LogP contribution is 2.38. The molecule has 9 heteroatoms. The van der Waals surface area contributed by atoms with Gasteiger partial charge in [0.2, 0.25) is 5.91 Å². The molecular formula is C41H48ClN5O3. The van der Waals surface area contributed by atoms with Gasteiger partial charge in [-0.05, 0) is 104 Å². The Morgan fingerprint density at radius 1 is 0.940 bits per heavy atom. The van der Waals surface area contributed by atoms with Gasteiger partial charge in [0.25, 0.3) is 0 Å². The number of fused-ring (bicyclic) bond motifs is 2. The summed E-state index contributed by atoms with van der Waals surface area (Å²) < 4.78 is 8.37. The number of amides is 2. The molecule has 262 valence electrons. The number of hydrogen-bond acceptors (Lipinski definition) is 5. The second-order valence-electron chi connectivity index (χ2n) is 14.1. The van der Waals surface area contributed by atoms with Crippen LogP contribution in [0, 0.1) is 6.92 Å². The van der Waals surface area contributed by atoms with E-state index in [1.807, 2.05) is 41.4 Å². The van der Waals surface area contributed by atoms with E-state index in [2.05, 4.69) is 65.1 Å². The van der Waals surface area contributed by atoms with E-state index in [4.69, 9.17) is 21.3 Å². The maximum absolute atomic E-state index is 15.0. The van der Waals surface area contributed by atoms with Crippen molar-refractivity contribution in [2.24, 2.45) is 0 Å². The van der Waals surface area contributed by atoms with E-state index >= 15 is 4.79 Å². The lowest BCUT2D eigenvalue weighted by Crippen LogP contribution is -2.62. The van der Waals surface area contributed by atoms with E-state index in [0.717, 1.165) is 67.8 Å². The van der Waals surface area contributed by atoms with Gasteiger partial charge in [-0.1, -0.05) is 60.5 Å². The Morgan fingerprint density at radius 2 is 1.76 bits per heavy atom. The highest BCUT2D eigenvalue weighted by Gasteiger charge is 2.42. The first-order valence-corrected chi connectivity index (χ1v) is 18.7. The number of aryl methyl sites for hydroxylation is 4. The van der Waals surface area contributed by atoms with Crippen LogP contribution in [0.5, 0.6) is 0 Å². The number of benzene rings is 2. The summed E-state index contributed by atoms with van der Waals surface area (Å²) in [6.07, 6.45) is 11.1. The van der Waals surface area contributed by atoms with E-state index < -0.39 is 6.04 Å². The van der Waals surface area contributed by atoms with Gasteiger partial charge in [-0.3, -0.25) is 19.6 Å². The fourth-order valence-electron chi connectivity index (χ4n) is 8.08. The summed E-state index contributed by atoms with van der Waals surface area (Å²) >= 11 is 6.52. The zero-order chi connectivity index (χ0) is 34.5. The molecule has 0 spiro atoms. The average molecular weight is 694 g/mol. The number of aromatic nitrogens is 2. The van der Waals surface area contributed by atoms with Crippen LogP contribution in [0.3, 0.4) is 0 Å². The van der Waals surface area contributed by atoms with Crippen LogP contribution in [0.1, 0.15) is 78.2 Å². The minimum atomic E-state index is -0.706. The Balaban J connectivity index is 1.21. The summed E-state index contributed by atoms with van der Waals surface area (Å²) in [5.74, 6) is -0.0467. The molecule has 2 fully saturated rings. The van der Waals surface area contributed by atoms with Gasteiger partial charge in [0.05, 0.1) is 11.7 Å². The second-order valence-corrected chi connectivity index (χ2v) is 14.5. The van der Waals surface area contributed by atoms with Crippen molar-refractivity contribution in [2.75, 3.05) is 26.2 Å². The summed E-state index contributed by atoms with van der Waals surface area (Å²) in [7, 11) is 0. The fraction of sp³-hybridized carbons (Fsp3) is 0.439. The molecule has 1 saturated heterocycles. The van der Waals surface area contributed by atoms with Crippen LogP contribution in [0.4, 0.5) is 4.79 Å². The summed E-state index contributed by atoms with van der Waals surface area (Å²) in [6, 6.07) is 23.8. The highest BCUT2D eigenvalue weighted by atomic mass is 35.5. The van der Waals surface area contributed by atoms with Crippen LogP contribution in [-0.2, 0) is 35.5 Å². The van der Waals surface area contributed by atoms with Crippen LogP contribution >= 0.6 is 11.6 Å². The molecule has 3 heterocycles. The standard InChI is InChI=1S/C41H48ClN5O3/c1-30-11-9-22-44(30)23-10-24-46(28-31-12-4-2-5-13-31)40(48)37-29-45(25-26-47(37)41(49)50-35-15-6-3-7-16-35)39-36-20-19-34(42)27-33(36)18-17-32-14-8-21-43-38(32)39/h2,4-5,8-9,11-14,19-22,27,35,37,39H,3,6-7,10,15-18,23-26,28-29H2,1H3/t37-,39+/m1/s1. The molecular weight excluding hydrogens is 646 g/mol. The highest BCUT2D eigenvalue weighted by molar-refractivity contribution is 6.30. The maximum atomic E-state index is 15.0. The average Bonchev–Trinajstić information content (AvgIpc) is 3.48. The number of halogens is 1. The smallest absolute Gasteiger partial charge is 0.410 e. The van der Waals surface area contributed by atoms with Gasteiger partial charge in [-0.25, -0.2) is 4.79 Å². The molecule has 50 heavy (non-hydrogen) atoms. The van der Waals surface area contributed by atoms with Crippen LogP contribution in [-0.4, -0.2) is 74.6 Å². The van der Waals surface area contributed by atoms with Crippen molar-refractivity contribution in [2.45, 2.75) is 89.6 Å². The van der Waals surface area contributed by atoms with Crippen LogP contribution in [0.2, 0.25) is 5.02 Å². The molecule has 7 rings (SSSR count).